The highest BCUT2D eigenvalue weighted by Crippen LogP contribution is 2.22. The third kappa shape index (κ3) is 2.56. The first-order chi connectivity index (χ1) is 7.10. The largest absolute Gasteiger partial charge is 0.298 e. The Morgan fingerprint density at radius 2 is 1.87 bits per heavy atom. The van der Waals surface area contributed by atoms with Crippen molar-refractivity contribution in [1.82, 2.24) is 0 Å². The maximum atomic E-state index is 11.0. The molecule has 0 heterocycles. The van der Waals surface area contributed by atoms with Crippen LogP contribution in [0.5, 0.6) is 0 Å². The van der Waals surface area contributed by atoms with E-state index in [4.69, 9.17) is 0 Å². The predicted molar refractivity (Wildman–Crippen MR) is 65.2 cm³/mol. The normalized spacial score (nSPS) is 11.6. The molecule has 1 rings (SSSR count). The highest BCUT2D eigenvalue weighted by Gasteiger charge is 2.05. The van der Waals surface area contributed by atoms with E-state index in [0.29, 0.717) is 0 Å². The fourth-order valence-electron chi connectivity index (χ4n) is 1.69. The molecule has 0 spiro atoms. The van der Waals surface area contributed by atoms with Crippen LogP contribution in [-0.4, -0.2) is 6.29 Å². The molecule has 0 amide bonds. The van der Waals surface area contributed by atoms with Crippen LogP contribution in [0, 0.1) is 13.8 Å². The van der Waals surface area contributed by atoms with E-state index in [0.717, 1.165) is 23.8 Å². The summed E-state index contributed by atoms with van der Waals surface area (Å²) in [4.78, 5) is 11.0. The molecular weight excluding hydrogens is 184 g/mol. The summed E-state index contributed by atoms with van der Waals surface area (Å²) in [5, 5.41) is 0. The number of allylic oxidation sites excluding steroid dienone is 2. The van der Waals surface area contributed by atoms with Crippen molar-refractivity contribution in [2.24, 2.45) is 0 Å². The van der Waals surface area contributed by atoms with E-state index in [1.54, 1.807) is 0 Å². The molecule has 15 heavy (non-hydrogen) atoms. The average Bonchev–Trinajstić information content (AvgIpc) is 2.21. The van der Waals surface area contributed by atoms with Gasteiger partial charge in [0.05, 0.1) is 0 Å². The highest BCUT2D eigenvalue weighted by molar-refractivity contribution is 5.85. The van der Waals surface area contributed by atoms with Crippen LogP contribution in [0.15, 0.2) is 18.2 Å². The zero-order chi connectivity index (χ0) is 11.4. The van der Waals surface area contributed by atoms with Crippen molar-refractivity contribution in [2.75, 3.05) is 0 Å². The lowest BCUT2D eigenvalue weighted by atomic mass is 9.95. The molecule has 0 N–H and O–H groups in total. The van der Waals surface area contributed by atoms with Gasteiger partial charge in [-0.2, -0.15) is 0 Å². The minimum absolute atomic E-state index is 0.792. The molecule has 0 aliphatic carbocycles. The lowest BCUT2D eigenvalue weighted by Crippen LogP contribution is -1.94. The standard InChI is InChI=1S/C14H18O/c1-5-6-10(2)14-8-12(4)11(3)7-13(14)9-15/h6-9H,5H2,1-4H3/b10-6+. The number of carbonyl (C=O) groups excluding carboxylic acids is 1. The van der Waals surface area contributed by atoms with Crippen molar-refractivity contribution in [1.29, 1.82) is 0 Å². The summed E-state index contributed by atoms with van der Waals surface area (Å²) in [7, 11) is 0. The zero-order valence-corrected chi connectivity index (χ0v) is 9.92. The lowest BCUT2D eigenvalue weighted by Gasteiger charge is -2.09. The van der Waals surface area contributed by atoms with Crippen LogP contribution in [-0.2, 0) is 0 Å². The fraction of sp³-hybridized carbons (Fsp3) is 0.357. The molecule has 1 aromatic rings. The second-order valence-electron chi connectivity index (χ2n) is 3.94. The van der Waals surface area contributed by atoms with Crippen LogP contribution in [0.1, 0.15) is 47.3 Å². The molecule has 1 aromatic carbocycles. The monoisotopic (exact) mass is 202 g/mol. The van der Waals surface area contributed by atoms with E-state index < -0.39 is 0 Å². The van der Waals surface area contributed by atoms with Crippen LogP contribution in [0.3, 0.4) is 0 Å². The van der Waals surface area contributed by atoms with Gasteiger partial charge in [-0.15, -0.1) is 0 Å². The summed E-state index contributed by atoms with van der Waals surface area (Å²) in [5.74, 6) is 0. The maximum absolute atomic E-state index is 11.0. The SMILES string of the molecule is CC/C=C(\C)c1cc(C)c(C)cc1C=O. The number of benzene rings is 1. The van der Waals surface area contributed by atoms with Crippen molar-refractivity contribution in [3.05, 3.63) is 40.5 Å². The predicted octanol–water partition coefficient (Wildman–Crippen LogP) is 3.93. The molecule has 80 valence electrons. The molecular formula is C14H18O. The summed E-state index contributed by atoms with van der Waals surface area (Å²) < 4.78 is 0. The Morgan fingerprint density at radius 3 is 2.40 bits per heavy atom. The van der Waals surface area contributed by atoms with E-state index >= 15 is 0 Å². The molecule has 0 unspecified atom stereocenters. The Morgan fingerprint density at radius 1 is 1.27 bits per heavy atom. The summed E-state index contributed by atoms with van der Waals surface area (Å²) in [6.07, 6.45) is 4.09. The Hall–Kier alpha value is -1.37. The number of aldehydes is 1. The molecule has 1 nitrogen and oxygen atoms in total. The minimum Gasteiger partial charge on any atom is -0.298 e. The summed E-state index contributed by atoms with van der Waals surface area (Å²) >= 11 is 0. The van der Waals surface area contributed by atoms with Crippen molar-refractivity contribution in [3.8, 4) is 0 Å². The minimum atomic E-state index is 0.792. The number of hydrogen-bond donors (Lipinski definition) is 0. The maximum Gasteiger partial charge on any atom is 0.150 e. The second-order valence-corrected chi connectivity index (χ2v) is 3.94. The zero-order valence-electron chi connectivity index (χ0n) is 9.92. The van der Waals surface area contributed by atoms with Gasteiger partial charge in [-0.05, 0) is 55.5 Å². The molecule has 0 radical (unpaired) electrons. The molecule has 0 fully saturated rings. The van der Waals surface area contributed by atoms with E-state index in [9.17, 15) is 4.79 Å². The average molecular weight is 202 g/mol. The van der Waals surface area contributed by atoms with Crippen LogP contribution < -0.4 is 0 Å². The molecule has 0 saturated carbocycles. The first-order valence-electron chi connectivity index (χ1n) is 5.33. The van der Waals surface area contributed by atoms with E-state index in [1.165, 1.54) is 16.7 Å². The highest BCUT2D eigenvalue weighted by atomic mass is 16.1. The molecule has 0 atom stereocenters. The van der Waals surface area contributed by atoms with Gasteiger partial charge in [0.25, 0.3) is 0 Å². The summed E-state index contributed by atoms with van der Waals surface area (Å²) in [6.45, 7) is 8.27. The first-order valence-corrected chi connectivity index (χ1v) is 5.33. The third-order valence-electron chi connectivity index (χ3n) is 2.73. The Balaban J connectivity index is 3.33. The summed E-state index contributed by atoms with van der Waals surface area (Å²) in [6, 6.07) is 4.06. The number of carbonyl (C=O) groups is 1. The van der Waals surface area contributed by atoms with Crippen molar-refractivity contribution < 1.29 is 4.79 Å². The van der Waals surface area contributed by atoms with Gasteiger partial charge in [0, 0.05) is 5.56 Å². The lowest BCUT2D eigenvalue weighted by molar-refractivity contribution is 0.112. The number of hydrogen-bond acceptors (Lipinski definition) is 1. The van der Waals surface area contributed by atoms with E-state index in [2.05, 4.69) is 32.9 Å². The third-order valence-corrected chi connectivity index (χ3v) is 2.73. The van der Waals surface area contributed by atoms with Crippen molar-refractivity contribution in [2.45, 2.75) is 34.1 Å². The molecule has 0 saturated heterocycles. The molecule has 0 aliphatic heterocycles. The molecule has 0 aromatic heterocycles. The van der Waals surface area contributed by atoms with Gasteiger partial charge in [0.15, 0.2) is 6.29 Å². The van der Waals surface area contributed by atoms with E-state index in [-0.39, 0.29) is 0 Å². The molecule has 1 heteroatoms. The van der Waals surface area contributed by atoms with Gasteiger partial charge < -0.3 is 0 Å². The second kappa shape index (κ2) is 4.92. The van der Waals surface area contributed by atoms with Crippen LogP contribution in [0.2, 0.25) is 0 Å². The van der Waals surface area contributed by atoms with Gasteiger partial charge in [0.1, 0.15) is 0 Å². The van der Waals surface area contributed by atoms with Gasteiger partial charge in [0.2, 0.25) is 0 Å². The molecule has 0 bridgehead atoms. The fourth-order valence-corrected chi connectivity index (χ4v) is 1.69. The van der Waals surface area contributed by atoms with Crippen molar-refractivity contribution >= 4 is 11.9 Å². The van der Waals surface area contributed by atoms with Crippen LogP contribution >= 0.6 is 0 Å². The van der Waals surface area contributed by atoms with Gasteiger partial charge >= 0.3 is 0 Å². The smallest absolute Gasteiger partial charge is 0.150 e. The van der Waals surface area contributed by atoms with Crippen molar-refractivity contribution in [3.63, 3.8) is 0 Å². The Kier molecular flexibility index (Phi) is 3.84. The first kappa shape index (κ1) is 11.7. The Bertz CT molecular complexity index is 400. The van der Waals surface area contributed by atoms with Crippen LogP contribution in [0.4, 0.5) is 0 Å². The molecule has 0 aliphatic rings. The summed E-state index contributed by atoms with van der Waals surface area (Å²) in [5.41, 5.74) is 5.45. The number of rotatable bonds is 3. The van der Waals surface area contributed by atoms with Crippen LogP contribution in [0.25, 0.3) is 5.57 Å². The van der Waals surface area contributed by atoms with Gasteiger partial charge in [-0.3, -0.25) is 4.79 Å². The van der Waals surface area contributed by atoms with E-state index in [1.807, 2.05) is 13.0 Å². The van der Waals surface area contributed by atoms with Gasteiger partial charge in [-0.25, -0.2) is 0 Å². The quantitative estimate of drug-likeness (QED) is 0.679. The number of aryl methyl sites for hydroxylation is 2. The Labute approximate surface area is 91.8 Å². The topological polar surface area (TPSA) is 17.1 Å². The van der Waals surface area contributed by atoms with Gasteiger partial charge in [-0.1, -0.05) is 19.1 Å².